The number of carboxylic acids is 1. The Morgan fingerprint density at radius 2 is 1.76 bits per heavy atom. The van der Waals surface area contributed by atoms with Gasteiger partial charge in [0.2, 0.25) is 10.0 Å². The van der Waals surface area contributed by atoms with Crippen molar-refractivity contribution >= 4 is 33.4 Å². The van der Waals surface area contributed by atoms with E-state index < -0.39 is 22.0 Å². The van der Waals surface area contributed by atoms with Crippen molar-refractivity contribution in [3.63, 3.8) is 0 Å². The van der Waals surface area contributed by atoms with Crippen LogP contribution in [0, 0.1) is 5.92 Å². The molecular weight excluding hydrogens is 346 g/mol. The second-order valence-electron chi connectivity index (χ2n) is 6.23. The first-order valence-electron chi connectivity index (χ1n) is 8.01. The number of carbonyl (C=O) groups is 2. The third-order valence-corrected chi connectivity index (χ3v) is 5.59. The molecule has 0 unspecified atom stereocenters. The number of hydrogen-bond acceptors (Lipinski definition) is 4. The second kappa shape index (κ2) is 7.73. The molecule has 0 spiro atoms. The molecule has 9 heteroatoms. The van der Waals surface area contributed by atoms with Gasteiger partial charge in [-0.1, -0.05) is 12.1 Å². The quantitative estimate of drug-likeness (QED) is 0.732. The Morgan fingerprint density at radius 3 is 2.32 bits per heavy atom. The van der Waals surface area contributed by atoms with Crippen LogP contribution in [-0.4, -0.2) is 44.9 Å². The van der Waals surface area contributed by atoms with Crippen LogP contribution in [0.5, 0.6) is 0 Å². The van der Waals surface area contributed by atoms with E-state index in [9.17, 15) is 18.0 Å². The van der Waals surface area contributed by atoms with Crippen LogP contribution >= 0.6 is 0 Å². The fourth-order valence-corrected chi connectivity index (χ4v) is 3.38. The van der Waals surface area contributed by atoms with E-state index in [2.05, 4.69) is 10.6 Å². The fourth-order valence-electron chi connectivity index (χ4n) is 2.86. The topological polar surface area (TPSA) is 116 Å². The summed E-state index contributed by atoms with van der Waals surface area (Å²) in [6.07, 6.45) is 3.37. The van der Waals surface area contributed by atoms with E-state index in [0.29, 0.717) is 37.1 Å². The van der Waals surface area contributed by atoms with Gasteiger partial charge in [-0.05, 0) is 37.8 Å². The number of carbonyl (C=O) groups excluding carboxylic acids is 1. The van der Waals surface area contributed by atoms with Crippen molar-refractivity contribution in [3.8, 4) is 0 Å². The third-order valence-electron chi connectivity index (χ3n) is 4.40. The van der Waals surface area contributed by atoms with Crippen LogP contribution in [0.2, 0.25) is 0 Å². The van der Waals surface area contributed by atoms with Crippen LogP contribution in [0.1, 0.15) is 25.7 Å². The van der Waals surface area contributed by atoms with E-state index in [-0.39, 0.29) is 12.0 Å². The highest BCUT2D eigenvalue weighted by atomic mass is 32.2. The number of nitrogens with one attached hydrogen (secondary N) is 2. The molecule has 0 saturated heterocycles. The van der Waals surface area contributed by atoms with Gasteiger partial charge >= 0.3 is 12.0 Å². The van der Waals surface area contributed by atoms with Crippen molar-refractivity contribution in [1.82, 2.24) is 5.32 Å². The average molecular weight is 369 g/mol. The number of aliphatic carboxylic acids is 1. The summed E-state index contributed by atoms with van der Waals surface area (Å²) in [7, 11) is -2.03. The molecule has 1 fully saturated rings. The molecule has 138 valence electrons. The maximum absolute atomic E-state index is 12.2. The highest BCUT2D eigenvalue weighted by molar-refractivity contribution is 7.92. The average Bonchev–Trinajstić information content (AvgIpc) is 2.54. The molecule has 2 rings (SSSR count). The zero-order valence-corrected chi connectivity index (χ0v) is 15.0. The summed E-state index contributed by atoms with van der Waals surface area (Å²) in [5, 5.41) is 14.5. The zero-order valence-electron chi connectivity index (χ0n) is 14.2. The molecule has 0 heterocycles. The normalized spacial score (nSPS) is 20.6. The Labute approximate surface area is 147 Å². The molecule has 0 bridgehead atoms. The SMILES string of the molecule is CN(c1ccccc1NC(=O)NC1CCC(C(=O)O)CC1)S(C)(=O)=O. The monoisotopic (exact) mass is 369 g/mol. The summed E-state index contributed by atoms with van der Waals surface area (Å²) in [4.78, 5) is 23.2. The van der Waals surface area contributed by atoms with Gasteiger partial charge in [0.15, 0.2) is 0 Å². The lowest BCUT2D eigenvalue weighted by atomic mass is 9.86. The predicted molar refractivity (Wildman–Crippen MR) is 95.2 cm³/mol. The Kier molecular flexibility index (Phi) is 5.89. The van der Waals surface area contributed by atoms with E-state index in [1.54, 1.807) is 24.3 Å². The molecule has 3 N–H and O–H groups in total. The predicted octanol–water partition coefficient (Wildman–Crippen LogP) is 1.85. The lowest BCUT2D eigenvalue weighted by Gasteiger charge is -2.27. The summed E-state index contributed by atoms with van der Waals surface area (Å²) in [5.41, 5.74) is 0.752. The van der Waals surface area contributed by atoms with Crippen molar-refractivity contribution in [2.24, 2.45) is 5.92 Å². The molecule has 1 aliphatic rings. The first-order valence-corrected chi connectivity index (χ1v) is 9.86. The van der Waals surface area contributed by atoms with Crippen molar-refractivity contribution in [2.75, 3.05) is 22.9 Å². The Morgan fingerprint density at radius 1 is 1.16 bits per heavy atom. The van der Waals surface area contributed by atoms with Gasteiger partial charge in [0, 0.05) is 13.1 Å². The van der Waals surface area contributed by atoms with Gasteiger partial charge in [-0.3, -0.25) is 9.10 Å². The van der Waals surface area contributed by atoms with Crippen LogP contribution in [0.3, 0.4) is 0 Å². The molecule has 8 nitrogen and oxygen atoms in total. The van der Waals surface area contributed by atoms with E-state index in [1.165, 1.54) is 7.05 Å². The van der Waals surface area contributed by atoms with E-state index >= 15 is 0 Å². The van der Waals surface area contributed by atoms with Gasteiger partial charge < -0.3 is 15.7 Å². The number of sulfonamides is 1. The lowest BCUT2D eigenvalue weighted by Crippen LogP contribution is -2.41. The minimum Gasteiger partial charge on any atom is -0.481 e. The molecule has 2 amide bonds. The number of para-hydroxylation sites is 2. The number of amides is 2. The van der Waals surface area contributed by atoms with Crippen LogP contribution in [0.15, 0.2) is 24.3 Å². The maximum Gasteiger partial charge on any atom is 0.319 e. The molecule has 25 heavy (non-hydrogen) atoms. The van der Waals surface area contributed by atoms with Gasteiger partial charge in [0.25, 0.3) is 0 Å². The first-order chi connectivity index (χ1) is 11.7. The molecule has 1 aliphatic carbocycles. The number of hydrogen-bond donors (Lipinski definition) is 3. The molecule has 1 aromatic carbocycles. The smallest absolute Gasteiger partial charge is 0.319 e. The molecule has 1 aromatic rings. The molecule has 1 saturated carbocycles. The molecule has 0 radical (unpaired) electrons. The molecular formula is C16H23N3O5S. The summed E-state index contributed by atoms with van der Waals surface area (Å²) >= 11 is 0. The highest BCUT2D eigenvalue weighted by Gasteiger charge is 2.27. The van der Waals surface area contributed by atoms with Crippen molar-refractivity contribution in [1.29, 1.82) is 0 Å². The van der Waals surface area contributed by atoms with Crippen molar-refractivity contribution < 1.29 is 23.1 Å². The lowest BCUT2D eigenvalue weighted by molar-refractivity contribution is -0.142. The number of urea groups is 1. The van der Waals surface area contributed by atoms with Crippen molar-refractivity contribution in [2.45, 2.75) is 31.7 Å². The maximum atomic E-state index is 12.2. The van der Waals surface area contributed by atoms with Gasteiger partial charge in [0.05, 0.1) is 23.5 Å². The summed E-state index contributed by atoms with van der Waals surface area (Å²) in [6.45, 7) is 0. The number of rotatable bonds is 5. The van der Waals surface area contributed by atoms with Gasteiger partial charge in [-0.25, -0.2) is 13.2 Å². The highest BCUT2D eigenvalue weighted by Crippen LogP contribution is 2.27. The Hall–Kier alpha value is -2.29. The minimum atomic E-state index is -3.45. The summed E-state index contributed by atoms with van der Waals surface area (Å²) in [6, 6.07) is 6.09. The van der Waals surface area contributed by atoms with Crippen LogP contribution in [-0.2, 0) is 14.8 Å². The second-order valence-corrected chi connectivity index (χ2v) is 8.25. The van der Waals surface area contributed by atoms with Crippen LogP contribution in [0.25, 0.3) is 0 Å². The zero-order chi connectivity index (χ0) is 18.6. The Balaban J connectivity index is 1.99. The van der Waals surface area contributed by atoms with E-state index in [1.807, 2.05) is 0 Å². The van der Waals surface area contributed by atoms with Gasteiger partial charge in [0.1, 0.15) is 0 Å². The summed E-state index contributed by atoms with van der Waals surface area (Å²) in [5.74, 6) is -1.13. The number of carboxylic acid groups (broad SMARTS) is 1. The van der Waals surface area contributed by atoms with Gasteiger partial charge in [-0.2, -0.15) is 0 Å². The van der Waals surface area contributed by atoms with E-state index in [0.717, 1.165) is 10.6 Å². The largest absolute Gasteiger partial charge is 0.481 e. The number of benzene rings is 1. The van der Waals surface area contributed by atoms with Crippen LogP contribution in [0.4, 0.5) is 16.2 Å². The van der Waals surface area contributed by atoms with Gasteiger partial charge in [-0.15, -0.1) is 0 Å². The molecule has 0 atom stereocenters. The standard InChI is InChI=1S/C16H23N3O5S/c1-19(25(2,23)24)14-6-4-3-5-13(14)18-16(22)17-12-9-7-11(8-10-12)15(20)21/h3-6,11-12H,7-10H2,1-2H3,(H,20,21)(H2,17,18,22). The van der Waals surface area contributed by atoms with E-state index in [4.69, 9.17) is 5.11 Å². The van der Waals surface area contributed by atoms with Crippen LogP contribution < -0.4 is 14.9 Å². The fraction of sp³-hybridized carbons (Fsp3) is 0.500. The first kappa shape index (κ1) is 19.0. The van der Waals surface area contributed by atoms with Crippen molar-refractivity contribution in [3.05, 3.63) is 24.3 Å². The summed E-state index contributed by atoms with van der Waals surface area (Å²) < 4.78 is 24.5. The number of nitrogens with zero attached hydrogens (tertiary/aromatic N) is 1. The number of anilines is 2. The minimum absolute atomic E-state index is 0.0876. The Bertz CT molecular complexity index is 742. The third kappa shape index (κ3) is 5.09. The molecule has 0 aliphatic heterocycles. The molecule has 0 aromatic heterocycles.